The summed E-state index contributed by atoms with van der Waals surface area (Å²) in [5, 5.41) is 2.89. The summed E-state index contributed by atoms with van der Waals surface area (Å²) in [5.41, 5.74) is 3.02. The first-order valence-corrected chi connectivity index (χ1v) is 12.0. The Labute approximate surface area is 202 Å². The number of halogens is 1. The van der Waals surface area contributed by atoms with Crippen molar-refractivity contribution < 1.29 is 18.8 Å². The smallest absolute Gasteiger partial charge is 0.248 e. The molecule has 1 aliphatic rings. The topological polar surface area (TPSA) is 66.5 Å². The Bertz CT molecular complexity index is 1170. The molecular weight excluding hydrogens is 451 g/mol. The normalized spacial score (nSPS) is 16.2. The third kappa shape index (κ3) is 5.54. The van der Waals surface area contributed by atoms with E-state index in [-0.39, 0.29) is 35.7 Å². The molecule has 0 aromatic heterocycles. The van der Waals surface area contributed by atoms with Gasteiger partial charge in [-0.25, -0.2) is 4.39 Å². The van der Waals surface area contributed by atoms with E-state index in [1.54, 1.807) is 12.1 Å². The van der Waals surface area contributed by atoms with Crippen LogP contribution in [0.25, 0.3) is 0 Å². The minimum absolute atomic E-state index is 0.0146. The maximum Gasteiger partial charge on any atom is 0.248 e. The van der Waals surface area contributed by atoms with E-state index < -0.39 is 12.0 Å². The molecule has 0 spiro atoms. The molecule has 2 amide bonds. The van der Waals surface area contributed by atoms with E-state index in [4.69, 9.17) is 0 Å². The number of carbonyl (C=O) groups excluding carboxylic acids is 3. The van der Waals surface area contributed by atoms with Crippen LogP contribution in [0.15, 0.2) is 78.9 Å². The first-order valence-electron chi connectivity index (χ1n) is 11.0. The summed E-state index contributed by atoms with van der Waals surface area (Å²) in [5.74, 6) is -1.06. The Morgan fingerprint density at radius 1 is 1.03 bits per heavy atom. The van der Waals surface area contributed by atoms with Gasteiger partial charge in [-0.15, -0.1) is 0 Å². The maximum atomic E-state index is 13.7. The predicted molar refractivity (Wildman–Crippen MR) is 132 cm³/mol. The van der Waals surface area contributed by atoms with E-state index in [1.807, 2.05) is 61.5 Å². The second-order valence-corrected chi connectivity index (χ2v) is 9.36. The molecular formula is C27H25FN2O3S. The standard InChI is InChI=1S/C27H25FN2O3S/c1-18-7-13-23(14-8-18)30(27(33)21-15-24(31)34-17-21)25(20-5-3-2-4-6-20)26(32)29-16-19-9-11-22(28)12-10-19/h2-14,21,25H,15-17H2,1H3,(H,29,32)/t21-,25-/m0/s1. The highest BCUT2D eigenvalue weighted by molar-refractivity contribution is 8.14. The lowest BCUT2D eigenvalue weighted by Gasteiger charge is -2.33. The fourth-order valence-electron chi connectivity index (χ4n) is 3.92. The second kappa shape index (κ2) is 10.7. The Balaban J connectivity index is 1.70. The SMILES string of the molecule is Cc1ccc(N(C(=O)[C@@H]2CSC(=O)C2)[C@H](C(=O)NCc2ccc(F)cc2)c2ccccc2)cc1. The molecule has 0 unspecified atom stereocenters. The Morgan fingerprint density at radius 2 is 1.71 bits per heavy atom. The zero-order valence-electron chi connectivity index (χ0n) is 18.7. The average molecular weight is 477 g/mol. The summed E-state index contributed by atoms with van der Waals surface area (Å²) in [7, 11) is 0. The van der Waals surface area contributed by atoms with Crippen molar-refractivity contribution in [3.05, 3.63) is 101 Å². The van der Waals surface area contributed by atoms with E-state index in [2.05, 4.69) is 5.32 Å². The molecule has 34 heavy (non-hydrogen) atoms. The molecule has 7 heteroatoms. The third-order valence-corrected chi connectivity index (χ3v) is 6.82. The van der Waals surface area contributed by atoms with Crippen molar-refractivity contribution in [1.82, 2.24) is 5.32 Å². The monoisotopic (exact) mass is 476 g/mol. The van der Waals surface area contributed by atoms with Gasteiger partial charge in [0.05, 0.1) is 5.92 Å². The lowest BCUT2D eigenvalue weighted by molar-refractivity contribution is -0.128. The van der Waals surface area contributed by atoms with Crippen molar-refractivity contribution in [1.29, 1.82) is 0 Å². The Hall–Kier alpha value is -3.45. The molecule has 174 valence electrons. The van der Waals surface area contributed by atoms with Gasteiger partial charge in [-0.3, -0.25) is 19.3 Å². The minimum Gasteiger partial charge on any atom is -0.350 e. The number of hydrogen-bond acceptors (Lipinski definition) is 4. The fraction of sp³-hybridized carbons (Fsp3) is 0.222. The molecule has 2 atom stereocenters. The van der Waals surface area contributed by atoms with E-state index in [0.717, 1.165) is 22.9 Å². The molecule has 3 aromatic carbocycles. The average Bonchev–Trinajstić information content (AvgIpc) is 3.29. The van der Waals surface area contributed by atoms with Crippen LogP contribution < -0.4 is 10.2 Å². The number of carbonyl (C=O) groups is 3. The number of benzene rings is 3. The molecule has 4 rings (SSSR count). The molecule has 1 aliphatic heterocycles. The summed E-state index contributed by atoms with van der Waals surface area (Å²) >= 11 is 1.16. The number of hydrogen-bond donors (Lipinski definition) is 1. The van der Waals surface area contributed by atoms with Crippen LogP contribution in [-0.4, -0.2) is 22.7 Å². The first-order chi connectivity index (χ1) is 16.4. The fourth-order valence-corrected chi connectivity index (χ4v) is 4.88. The lowest BCUT2D eigenvalue weighted by atomic mass is 9.99. The highest BCUT2D eigenvalue weighted by Gasteiger charge is 2.39. The predicted octanol–water partition coefficient (Wildman–Crippen LogP) is 4.80. The zero-order chi connectivity index (χ0) is 24.1. The van der Waals surface area contributed by atoms with E-state index in [9.17, 15) is 18.8 Å². The summed E-state index contributed by atoms with van der Waals surface area (Å²) < 4.78 is 13.3. The van der Waals surface area contributed by atoms with Gasteiger partial charge in [0.2, 0.25) is 11.8 Å². The van der Waals surface area contributed by atoms with Gasteiger partial charge in [0.15, 0.2) is 5.12 Å². The summed E-state index contributed by atoms with van der Waals surface area (Å²) in [6.07, 6.45) is 0.157. The van der Waals surface area contributed by atoms with Gasteiger partial charge < -0.3 is 5.32 Å². The molecule has 0 radical (unpaired) electrons. The van der Waals surface area contributed by atoms with Gasteiger partial charge in [0.25, 0.3) is 0 Å². The summed E-state index contributed by atoms with van der Waals surface area (Å²) in [4.78, 5) is 40.8. The number of nitrogens with one attached hydrogen (secondary N) is 1. The van der Waals surface area contributed by atoms with Crippen LogP contribution in [0.5, 0.6) is 0 Å². The molecule has 0 bridgehead atoms. The molecule has 1 N–H and O–H groups in total. The molecule has 1 fully saturated rings. The van der Waals surface area contributed by atoms with Gasteiger partial charge in [-0.1, -0.05) is 71.9 Å². The second-order valence-electron chi connectivity index (χ2n) is 8.29. The summed E-state index contributed by atoms with van der Waals surface area (Å²) in [6, 6.07) is 21.5. The van der Waals surface area contributed by atoms with Crippen LogP contribution in [0.3, 0.4) is 0 Å². The van der Waals surface area contributed by atoms with Crippen LogP contribution in [0.1, 0.15) is 29.2 Å². The van der Waals surface area contributed by atoms with Crippen LogP contribution >= 0.6 is 11.8 Å². The molecule has 3 aromatic rings. The van der Waals surface area contributed by atoms with Gasteiger partial charge in [0.1, 0.15) is 11.9 Å². The number of amides is 2. The molecule has 0 aliphatic carbocycles. The van der Waals surface area contributed by atoms with E-state index in [0.29, 0.717) is 17.0 Å². The van der Waals surface area contributed by atoms with Crippen molar-refractivity contribution in [3.63, 3.8) is 0 Å². The van der Waals surface area contributed by atoms with Crippen LogP contribution in [0.4, 0.5) is 10.1 Å². The van der Waals surface area contributed by atoms with Crippen molar-refractivity contribution >= 4 is 34.4 Å². The van der Waals surface area contributed by atoms with Gasteiger partial charge >= 0.3 is 0 Å². The van der Waals surface area contributed by atoms with Crippen molar-refractivity contribution in [2.24, 2.45) is 5.92 Å². The van der Waals surface area contributed by atoms with Crippen molar-refractivity contribution in [3.8, 4) is 0 Å². The molecule has 5 nitrogen and oxygen atoms in total. The van der Waals surface area contributed by atoms with Crippen LogP contribution in [-0.2, 0) is 20.9 Å². The highest BCUT2D eigenvalue weighted by atomic mass is 32.2. The van der Waals surface area contributed by atoms with Crippen molar-refractivity contribution in [2.45, 2.75) is 25.9 Å². The number of anilines is 1. The van der Waals surface area contributed by atoms with Crippen LogP contribution in [0.2, 0.25) is 0 Å². The van der Waals surface area contributed by atoms with Gasteiger partial charge in [0, 0.05) is 24.4 Å². The number of rotatable bonds is 7. The Morgan fingerprint density at radius 3 is 2.32 bits per heavy atom. The molecule has 1 saturated heterocycles. The maximum absolute atomic E-state index is 13.7. The zero-order valence-corrected chi connectivity index (χ0v) is 19.6. The summed E-state index contributed by atoms with van der Waals surface area (Å²) in [6.45, 7) is 2.14. The quantitative estimate of drug-likeness (QED) is 0.532. The minimum atomic E-state index is -0.933. The lowest BCUT2D eigenvalue weighted by Crippen LogP contribution is -2.46. The Kier molecular flexibility index (Phi) is 7.43. The number of aryl methyl sites for hydroxylation is 1. The van der Waals surface area contributed by atoms with Gasteiger partial charge in [-0.2, -0.15) is 0 Å². The largest absolute Gasteiger partial charge is 0.350 e. The highest BCUT2D eigenvalue weighted by Crippen LogP contribution is 2.34. The van der Waals surface area contributed by atoms with Crippen molar-refractivity contribution in [2.75, 3.05) is 10.7 Å². The molecule has 1 heterocycles. The third-order valence-electron chi connectivity index (χ3n) is 5.76. The number of thioether (sulfide) groups is 1. The van der Waals surface area contributed by atoms with E-state index >= 15 is 0 Å². The molecule has 0 saturated carbocycles. The number of nitrogens with zero attached hydrogens (tertiary/aromatic N) is 1. The first kappa shape index (κ1) is 23.7. The van der Waals surface area contributed by atoms with Crippen LogP contribution in [0, 0.1) is 18.7 Å². The van der Waals surface area contributed by atoms with E-state index in [1.165, 1.54) is 17.0 Å². The van der Waals surface area contributed by atoms with Gasteiger partial charge in [-0.05, 0) is 42.3 Å².